The molecule has 2 heteroatoms. The molecular weight excluding hydrogens is 246 g/mol. The van der Waals surface area contributed by atoms with Crippen molar-refractivity contribution in [1.29, 1.82) is 0 Å². The molecular formula is C18H23NO. The van der Waals surface area contributed by atoms with Crippen molar-refractivity contribution >= 4 is 0 Å². The topological polar surface area (TPSA) is 21.3 Å². The van der Waals surface area contributed by atoms with Crippen molar-refractivity contribution < 1.29 is 4.74 Å². The number of rotatable bonds is 6. The highest BCUT2D eigenvalue weighted by molar-refractivity contribution is 5.37. The van der Waals surface area contributed by atoms with Crippen molar-refractivity contribution in [2.45, 2.75) is 33.9 Å². The van der Waals surface area contributed by atoms with Gasteiger partial charge in [-0.1, -0.05) is 54.4 Å². The van der Waals surface area contributed by atoms with Crippen LogP contribution in [0.25, 0.3) is 0 Å². The van der Waals surface area contributed by atoms with Gasteiger partial charge < -0.3 is 10.1 Å². The Labute approximate surface area is 121 Å². The van der Waals surface area contributed by atoms with Crippen LogP contribution in [0.2, 0.25) is 0 Å². The minimum absolute atomic E-state index is 0.615. The second kappa shape index (κ2) is 7.11. The number of hydrogen-bond acceptors (Lipinski definition) is 2. The lowest BCUT2D eigenvalue weighted by Gasteiger charge is -2.13. The average molecular weight is 269 g/mol. The number of ether oxygens (including phenoxy) is 1. The van der Waals surface area contributed by atoms with Gasteiger partial charge >= 0.3 is 0 Å². The molecule has 2 nitrogen and oxygen atoms in total. The molecule has 0 amide bonds. The molecule has 0 spiro atoms. The van der Waals surface area contributed by atoms with Gasteiger partial charge in [0.25, 0.3) is 0 Å². The lowest BCUT2D eigenvalue weighted by Crippen LogP contribution is -2.13. The van der Waals surface area contributed by atoms with Crippen molar-refractivity contribution in [1.82, 2.24) is 5.32 Å². The van der Waals surface area contributed by atoms with Gasteiger partial charge in [0.05, 0.1) is 0 Å². The third kappa shape index (κ3) is 4.10. The molecule has 0 radical (unpaired) electrons. The van der Waals surface area contributed by atoms with Gasteiger partial charge in [-0.25, -0.2) is 0 Å². The third-order valence-corrected chi connectivity index (χ3v) is 3.26. The van der Waals surface area contributed by atoms with Crippen LogP contribution in [-0.4, -0.2) is 6.54 Å². The first-order chi connectivity index (χ1) is 9.69. The molecule has 106 valence electrons. The van der Waals surface area contributed by atoms with Gasteiger partial charge in [0.2, 0.25) is 0 Å². The second-order valence-corrected chi connectivity index (χ2v) is 5.17. The maximum Gasteiger partial charge on any atom is 0.124 e. The summed E-state index contributed by atoms with van der Waals surface area (Å²) in [6, 6.07) is 14.8. The molecule has 0 aromatic heterocycles. The summed E-state index contributed by atoms with van der Waals surface area (Å²) in [5.74, 6) is 0.970. The molecule has 2 aromatic carbocycles. The molecule has 1 N–H and O–H groups in total. The molecule has 0 aliphatic rings. The van der Waals surface area contributed by atoms with E-state index in [1.165, 1.54) is 22.3 Å². The Bertz CT molecular complexity index is 563. The predicted octanol–water partition coefficient (Wildman–Crippen LogP) is 3.99. The van der Waals surface area contributed by atoms with Crippen molar-refractivity contribution in [3.05, 3.63) is 64.7 Å². The maximum absolute atomic E-state index is 5.99. The highest BCUT2D eigenvalue weighted by Gasteiger charge is 2.04. The molecule has 0 unspecified atom stereocenters. The van der Waals surface area contributed by atoms with Crippen LogP contribution in [-0.2, 0) is 13.2 Å². The summed E-state index contributed by atoms with van der Waals surface area (Å²) in [7, 11) is 0. The normalized spacial score (nSPS) is 10.6. The summed E-state index contributed by atoms with van der Waals surface area (Å²) in [4.78, 5) is 0. The van der Waals surface area contributed by atoms with E-state index in [1.54, 1.807) is 0 Å². The summed E-state index contributed by atoms with van der Waals surface area (Å²) in [6.45, 7) is 8.76. The number of benzene rings is 2. The molecule has 0 aliphatic carbocycles. The van der Waals surface area contributed by atoms with E-state index in [0.29, 0.717) is 6.61 Å². The van der Waals surface area contributed by atoms with Crippen LogP contribution in [0.15, 0.2) is 42.5 Å². The highest BCUT2D eigenvalue weighted by Crippen LogP contribution is 2.21. The molecule has 2 aromatic rings. The maximum atomic E-state index is 5.99. The number of hydrogen-bond donors (Lipinski definition) is 1. The van der Waals surface area contributed by atoms with Gasteiger partial charge in [-0.15, -0.1) is 0 Å². The molecule has 20 heavy (non-hydrogen) atoms. The quantitative estimate of drug-likeness (QED) is 0.856. The van der Waals surface area contributed by atoms with Crippen LogP contribution in [0.3, 0.4) is 0 Å². The standard InChI is InChI=1S/C18H23NO/c1-4-19-12-17-11-15(3)8-9-18(17)20-13-16-7-5-6-14(2)10-16/h5-11,19H,4,12-13H2,1-3H3. The predicted molar refractivity (Wildman–Crippen MR) is 84.1 cm³/mol. The van der Waals surface area contributed by atoms with Gasteiger partial charge in [-0.05, 0) is 32.0 Å². The fourth-order valence-electron chi connectivity index (χ4n) is 2.21. The SMILES string of the molecule is CCNCc1cc(C)ccc1OCc1cccc(C)c1. The van der Waals surface area contributed by atoms with E-state index in [0.717, 1.165) is 18.8 Å². The van der Waals surface area contributed by atoms with Crippen LogP contribution in [0.4, 0.5) is 0 Å². The van der Waals surface area contributed by atoms with Crippen molar-refractivity contribution in [2.24, 2.45) is 0 Å². The van der Waals surface area contributed by atoms with E-state index in [2.05, 4.69) is 68.6 Å². The van der Waals surface area contributed by atoms with Gasteiger partial charge in [-0.3, -0.25) is 0 Å². The molecule has 0 atom stereocenters. The van der Waals surface area contributed by atoms with Crippen LogP contribution in [0.5, 0.6) is 5.75 Å². The largest absolute Gasteiger partial charge is 0.489 e. The van der Waals surface area contributed by atoms with Crippen molar-refractivity contribution in [3.63, 3.8) is 0 Å². The Balaban J connectivity index is 2.08. The summed E-state index contributed by atoms with van der Waals surface area (Å²) < 4.78 is 5.99. The molecule has 0 heterocycles. The third-order valence-electron chi connectivity index (χ3n) is 3.26. The number of nitrogens with one attached hydrogen (secondary N) is 1. The number of aryl methyl sites for hydroxylation is 2. The van der Waals surface area contributed by atoms with Crippen LogP contribution < -0.4 is 10.1 Å². The lowest BCUT2D eigenvalue weighted by molar-refractivity contribution is 0.302. The van der Waals surface area contributed by atoms with Gasteiger partial charge in [0.15, 0.2) is 0 Å². The zero-order chi connectivity index (χ0) is 14.4. The molecule has 0 saturated carbocycles. The molecule has 0 aliphatic heterocycles. The summed E-state index contributed by atoms with van der Waals surface area (Å²) in [6.07, 6.45) is 0. The van der Waals surface area contributed by atoms with E-state index >= 15 is 0 Å². The average Bonchev–Trinajstić information content (AvgIpc) is 2.44. The molecule has 2 rings (SSSR count). The monoisotopic (exact) mass is 269 g/mol. The Morgan fingerprint density at radius 3 is 2.55 bits per heavy atom. The van der Waals surface area contributed by atoms with Crippen LogP contribution >= 0.6 is 0 Å². The first-order valence-corrected chi connectivity index (χ1v) is 7.17. The lowest BCUT2D eigenvalue weighted by atomic mass is 10.1. The first-order valence-electron chi connectivity index (χ1n) is 7.17. The smallest absolute Gasteiger partial charge is 0.124 e. The zero-order valence-electron chi connectivity index (χ0n) is 12.6. The molecule has 0 saturated heterocycles. The Hall–Kier alpha value is -1.80. The fraction of sp³-hybridized carbons (Fsp3) is 0.333. The summed E-state index contributed by atoms with van der Waals surface area (Å²) >= 11 is 0. The summed E-state index contributed by atoms with van der Waals surface area (Å²) in [5.41, 5.74) is 4.96. The van der Waals surface area contributed by atoms with E-state index < -0.39 is 0 Å². The molecule has 0 fully saturated rings. The fourth-order valence-corrected chi connectivity index (χ4v) is 2.21. The second-order valence-electron chi connectivity index (χ2n) is 5.17. The van der Waals surface area contributed by atoms with Crippen LogP contribution in [0.1, 0.15) is 29.2 Å². The van der Waals surface area contributed by atoms with E-state index in [-0.39, 0.29) is 0 Å². The zero-order valence-corrected chi connectivity index (χ0v) is 12.6. The Morgan fingerprint density at radius 1 is 1.00 bits per heavy atom. The Morgan fingerprint density at radius 2 is 1.80 bits per heavy atom. The van der Waals surface area contributed by atoms with Crippen molar-refractivity contribution in [2.75, 3.05) is 6.54 Å². The van der Waals surface area contributed by atoms with Gasteiger partial charge in [0.1, 0.15) is 12.4 Å². The van der Waals surface area contributed by atoms with Crippen LogP contribution in [0, 0.1) is 13.8 Å². The van der Waals surface area contributed by atoms with E-state index in [4.69, 9.17) is 4.74 Å². The summed E-state index contributed by atoms with van der Waals surface area (Å²) in [5, 5.41) is 3.36. The minimum atomic E-state index is 0.615. The van der Waals surface area contributed by atoms with Crippen molar-refractivity contribution in [3.8, 4) is 5.75 Å². The minimum Gasteiger partial charge on any atom is -0.489 e. The molecule has 0 bridgehead atoms. The van der Waals surface area contributed by atoms with E-state index in [1.807, 2.05) is 0 Å². The van der Waals surface area contributed by atoms with E-state index in [9.17, 15) is 0 Å². The first kappa shape index (κ1) is 14.6. The van der Waals surface area contributed by atoms with Gasteiger partial charge in [0, 0.05) is 12.1 Å². The van der Waals surface area contributed by atoms with Gasteiger partial charge in [-0.2, -0.15) is 0 Å². The highest BCUT2D eigenvalue weighted by atomic mass is 16.5. The Kier molecular flexibility index (Phi) is 5.19.